The van der Waals surface area contributed by atoms with Crippen LogP contribution in [0.5, 0.6) is 0 Å². The summed E-state index contributed by atoms with van der Waals surface area (Å²) in [6.45, 7) is 8.23. The van der Waals surface area contributed by atoms with Crippen molar-refractivity contribution in [3.05, 3.63) is 70.8 Å². The summed E-state index contributed by atoms with van der Waals surface area (Å²) in [6.07, 6.45) is 5.08. The Morgan fingerprint density at radius 1 is 0.967 bits per heavy atom. The molecule has 2 aromatic heterocycles. The highest BCUT2D eigenvalue weighted by Gasteiger charge is 2.02. The Kier molecular flexibility index (Phi) is 8.12. The molecule has 160 valence electrons. The maximum Gasteiger partial charge on any atom is 0.250 e. The number of hydrogen-bond donors (Lipinski definition) is 2. The summed E-state index contributed by atoms with van der Waals surface area (Å²) in [5.74, 6) is 0.864. The first-order valence-electron chi connectivity index (χ1n) is 10.9. The van der Waals surface area contributed by atoms with Crippen molar-refractivity contribution < 1.29 is 0 Å². The summed E-state index contributed by atoms with van der Waals surface area (Å²) in [7, 11) is 0. The second-order valence-corrected chi connectivity index (χ2v) is 7.47. The smallest absolute Gasteiger partial charge is 0.250 e. The van der Waals surface area contributed by atoms with Crippen molar-refractivity contribution in [2.24, 2.45) is 4.99 Å². The molecule has 0 atom stereocenters. The van der Waals surface area contributed by atoms with Crippen LogP contribution in [-0.4, -0.2) is 34.7 Å². The molecule has 0 spiro atoms. The third-order valence-electron chi connectivity index (χ3n) is 5.22. The number of nitrogens with zero attached hydrogens (tertiary/aromatic N) is 3. The van der Waals surface area contributed by atoms with E-state index in [2.05, 4.69) is 58.7 Å². The van der Waals surface area contributed by atoms with Crippen LogP contribution in [0.25, 0.3) is 10.9 Å². The van der Waals surface area contributed by atoms with Gasteiger partial charge in [-0.3, -0.25) is 9.79 Å². The van der Waals surface area contributed by atoms with Crippen molar-refractivity contribution >= 4 is 16.9 Å². The number of aliphatic imine (C=N–C) groups is 1. The highest BCUT2D eigenvalue weighted by Crippen LogP contribution is 2.15. The van der Waals surface area contributed by atoms with Crippen LogP contribution in [0.4, 0.5) is 0 Å². The lowest BCUT2D eigenvalue weighted by Crippen LogP contribution is -2.38. The monoisotopic (exact) mass is 407 g/mol. The summed E-state index contributed by atoms with van der Waals surface area (Å²) in [5.41, 5.74) is 2.37. The van der Waals surface area contributed by atoms with Crippen LogP contribution in [-0.2, 0) is 13.1 Å². The lowest BCUT2D eigenvalue weighted by Gasteiger charge is -2.12. The molecule has 6 nitrogen and oxygen atoms in total. The van der Waals surface area contributed by atoms with Gasteiger partial charge in [-0.1, -0.05) is 24.3 Å². The Hall–Kier alpha value is -3.02. The summed E-state index contributed by atoms with van der Waals surface area (Å²) < 4.78 is 4.13. The van der Waals surface area contributed by atoms with Crippen molar-refractivity contribution in [2.75, 3.05) is 19.6 Å². The number of fused-ring (bicyclic) bond motifs is 1. The molecule has 0 bridgehead atoms. The Labute approximate surface area is 178 Å². The molecule has 0 unspecified atom stereocenters. The van der Waals surface area contributed by atoms with E-state index >= 15 is 0 Å². The van der Waals surface area contributed by atoms with Crippen LogP contribution in [0.2, 0.25) is 0 Å². The second-order valence-electron chi connectivity index (χ2n) is 7.47. The summed E-state index contributed by atoms with van der Waals surface area (Å²) >= 11 is 0. The third-order valence-corrected chi connectivity index (χ3v) is 5.22. The van der Waals surface area contributed by atoms with Crippen LogP contribution in [0.3, 0.4) is 0 Å². The van der Waals surface area contributed by atoms with Gasteiger partial charge in [0, 0.05) is 56.2 Å². The maximum absolute atomic E-state index is 11.9. The normalized spacial score (nSPS) is 11.7. The van der Waals surface area contributed by atoms with Crippen molar-refractivity contribution in [1.82, 2.24) is 19.8 Å². The van der Waals surface area contributed by atoms with Gasteiger partial charge in [0.15, 0.2) is 5.96 Å². The predicted molar refractivity (Wildman–Crippen MR) is 125 cm³/mol. The van der Waals surface area contributed by atoms with E-state index in [0.717, 1.165) is 63.6 Å². The zero-order valence-corrected chi connectivity index (χ0v) is 18.1. The number of hydrogen-bond acceptors (Lipinski definition) is 2. The van der Waals surface area contributed by atoms with Crippen LogP contribution in [0.1, 0.15) is 31.9 Å². The molecule has 0 radical (unpaired) electrons. The number of unbranched alkanes of at least 4 members (excludes halogenated alkanes) is 1. The average Bonchev–Trinajstić information content (AvgIpc) is 3.16. The van der Waals surface area contributed by atoms with E-state index in [0.29, 0.717) is 0 Å². The first kappa shape index (κ1) is 21.7. The van der Waals surface area contributed by atoms with Crippen LogP contribution in [0, 0.1) is 6.92 Å². The lowest BCUT2D eigenvalue weighted by molar-refractivity contribution is 0.574. The number of pyridine rings is 1. The maximum atomic E-state index is 11.9. The Bertz CT molecular complexity index is 1020. The minimum absolute atomic E-state index is 0.0772. The van der Waals surface area contributed by atoms with E-state index in [1.807, 2.05) is 23.6 Å². The number of nitrogens with one attached hydrogen (secondary N) is 2. The Balaban J connectivity index is 1.40. The molecule has 2 heterocycles. The fourth-order valence-electron chi connectivity index (χ4n) is 3.62. The summed E-state index contributed by atoms with van der Waals surface area (Å²) in [5, 5.41) is 8.00. The van der Waals surface area contributed by atoms with E-state index < -0.39 is 0 Å². The SMILES string of the molecule is CCNC(=NCCCn1ccc2ccccc21)NCCCCn1c(C)cccc1=O. The van der Waals surface area contributed by atoms with Gasteiger partial charge in [0.05, 0.1) is 0 Å². The number of benzene rings is 1. The van der Waals surface area contributed by atoms with Crippen LogP contribution in [0.15, 0.2) is 64.5 Å². The molecule has 3 rings (SSSR count). The van der Waals surface area contributed by atoms with Gasteiger partial charge in [-0.05, 0) is 56.7 Å². The minimum Gasteiger partial charge on any atom is -0.357 e. The first-order valence-corrected chi connectivity index (χ1v) is 10.9. The zero-order valence-electron chi connectivity index (χ0n) is 18.1. The molecule has 0 aliphatic carbocycles. The van der Waals surface area contributed by atoms with Crippen molar-refractivity contribution in [1.29, 1.82) is 0 Å². The third kappa shape index (κ3) is 5.99. The summed E-state index contributed by atoms with van der Waals surface area (Å²) in [6, 6.07) is 16.0. The van der Waals surface area contributed by atoms with Gasteiger partial charge in [-0.15, -0.1) is 0 Å². The molecule has 3 aromatic rings. The van der Waals surface area contributed by atoms with Gasteiger partial charge >= 0.3 is 0 Å². The lowest BCUT2D eigenvalue weighted by atomic mass is 10.2. The first-order chi connectivity index (χ1) is 14.7. The standard InChI is InChI=1S/C24H33N5O/c1-3-25-24(26-15-6-7-18-29-20(2)10-8-13-23(29)30)27-16-9-17-28-19-14-21-11-4-5-12-22(21)28/h4-5,8,10-14,19H,3,6-7,9,15-18H2,1-2H3,(H2,25,26,27). The highest BCUT2D eigenvalue weighted by molar-refractivity contribution is 5.80. The molecule has 2 N–H and O–H groups in total. The van der Waals surface area contributed by atoms with Gasteiger partial charge in [0.1, 0.15) is 0 Å². The molecule has 0 aliphatic heterocycles. The predicted octanol–water partition coefficient (Wildman–Crippen LogP) is 3.54. The molecule has 0 fully saturated rings. The molecule has 6 heteroatoms. The molecule has 0 amide bonds. The van der Waals surface area contributed by atoms with Crippen molar-refractivity contribution in [3.8, 4) is 0 Å². The van der Waals surface area contributed by atoms with Gasteiger partial charge < -0.3 is 19.8 Å². The molecule has 1 aromatic carbocycles. The fourth-order valence-corrected chi connectivity index (χ4v) is 3.62. The average molecular weight is 408 g/mol. The molecule has 0 aliphatic rings. The molecule has 30 heavy (non-hydrogen) atoms. The topological polar surface area (TPSA) is 63.4 Å². The van der Waals surface area contributed by atoms with E-state index in [9.17, 15) is 4.79 Å². The van der Waals surface area contributed by atoms with Crippen LogP contribution >= 0.6 is 0 Å². The zero-order chi connectivity index (χ0) is 21.2. The Morgan fingerprint density at radius 3 is 2.67 bits per heavy atom. The second kappa shape index (κ2) is 11.2. The molecular formula is C24H33N5O. The molecule has 0 saturated carbocycles. The highest BCUT2D eigenvalue weighted by atomic mass is 16.1. The number of rotatable bonds is 10. The quantitative estimate of drug-likeness (QED) is 0.307. The van der Waals surface area contributed by atoms with Gasteiger partial charge in [0.2, 0.25) is 0 Å². The van der Waals surface area contributed by atoms with Gasteiger partial charge in [-0.25, -0.2) is 0 Å². The number of guanidine groups is 1. The fraction of sp³-hybridized carbons (Fsp3) is 0.417. The summed E-state index contributed by atoms with van der Waals surface area (Å²) in [4.78, 5) is 16.6. The van der Waals surface area contributed by atoms with Crippen molar-refractivity contribution in [3.63, 3.8) is 0 Å². The van der Waals surface area contributed by atoms with E-state index in [4.69, 9.17) is 4.99 Å². The minimum atomic E-state index is 0.0772. The van der Waals surface area contributed by atoms with Gasteiger partial charge in [0.25, 0.3) is 5.56 Å². The Morgan fingerprint density at radius 2 is 1.83 bits per heavy atom. The van der Waals surface area contributed by atoms with E-state index in [1.54, 1.807) is 6.07 Å². The van der Waals surface area contributed by atoms with E-state index in [-0.39, 0.29) is 5.56 Å². The molecular weight excluding hydrogens is 374 g/mol. The van der Waals surface area contributed by atoms with E-state index in [1.165, 1.54) is 10.9 Å². The number of aryl methyl sites for hydroxylation is 2. The molecule has 0 saturated heterocycles. The number of para-hydroxylation sites is 1. The van der Waals surface area contributed by atoms with Gasteiger partial charge in [-0.2, -0.15) is 0 Å². The van der Waals surface area contributed by atoms with Crippen molar-refractivity contribution in [2.45, 2.75) is 46.2 Å². The number of aromatic nitrogens is 2. The van der Waals surface area contributed by atoms with Crippen LogP contribution < -0.4 is 16.2 Å². The largest absolute Gasteiger partial charge is 0.357 e.